The number of aromatic amines is 1. The molecule has 3 nitrogen and oxygen atoms in total. The number of nitrogens with zero attached hydrogens (tertiary/aromatic N) is 2. The third kappa shape index (κ3) is 1.77. The lowest BCUT2D eigenvalue weighted by Crippen LogP contribution is -1.97. The summed E-state index contributed by atoms with van der Waals surface area (Å²) in [4.78, 5) is 7.36. The number of hydrogen-bond acceptors (Lipinski definition) is 2. The smallest absolute Gasteiger partial charge is 0.184 e. The minimum absolute atomic E-state index is 0.301. The zero-order chi connectivity index (χ0) is 12.7. The fourth-order valence-electron chi connectivity index (χ4n) is 1.83. The van der Waals surface area contributed by atoms with E-state index in [9.17, 15) is 4.39 Å². The van der Waals surface area contributed by atoms with E-state index in [-0.39, 0.29) is 5.82 Å². The van der Waals surface area contributed by atoms with Crippen molar-refractivity contribution in [3.05, 3.63) is 51.6 Å². The van der Waals surface area contributed by atoms with Crippen LogP contribution < -0.4 is 0 Å². The van der Waals surface area contributed by atoms with Gasteiger partial charge >= 0.3 is 0 Å². The Morgan fingerprint density at radius 2 is 2.17 bits per heavy atom. The van der Waals surface area contributed by atoms with Crippen molar-refractivity contribution in [3.8, 4) is 5.69 Å². The SMILES string of the molecule is Fc1ccc(-n2c(=S)[nH]c3cccnc32)c(Br)c1. The Bertz CT molecular complexity index is 793. The monoisotopic (exact) mass is 323 g/mol. The molecule has 0 atom stereocenters. The van der Waals surface area contributed by atoms with Gasteiger partial charge in [0.15, 0.2) is 10.4 Å². The average molecular weight is 324 g/mol. The normalized spacial score (nSPS) is 11.0. The Labute approximate surface area is 115 Å². The van der Waals surface area contributed by atoms with Crippen molar-refractivity contribution in [2.24, 2.45) is 0 Å². The van der Waals surface area contributed by atoms with Crippen molar-refractivity contribution in [3.63, 3.8) is 0 Å². The molecule has 0 radical (unpaired) electrons. The summed E-state index contributed by atoms with van der Waals surface area (Å²) in [5.74, 6) is -0.301. The summed E-state index contributed by atoms with van der Waals surface area (Å²) < 4.78 is 16.0. The number of H-pyrrole nitrogens is 1. The molecule has 0 spiro atoms. The van der Waals surface area contributed by atoms with Crippen LogP contribution in [0.5, 0.6) is 0 Å². The van der Waals surface area contributed by atoms with Gasteiger partial charge in [-0.2, -0.15) is 0 Å². The number of pyridine rings is 1. The Balaban J connectivity index is 2.38. The van der Waals surface area contributed by atoms with Crippen molar-refractivity contribution in [2.45, 2.75) is 0 Å². The van der Waals surface area contributed by atoms with Crippen molar-refractivity contribution < 1.29 is 4.39 Å². The minimum Gasteiger partial charge on any atom is -0.329 e. The maximum Gasteiger partial charge on any atom is 0.184 e. The fraction of sp³-hybridized carbons (Fsp3) is 0. The van der Waals surface area contributed by atoms with Crippen LogP contribution in [-0.2, 0) is 0 Å². The minimum atomic E-state index is -0.301. The quantitative estimate of drug-likeness (QED) is 0.687. The van der Waals surface area contributed by atoms with Gasteiger partial charge < -0.3 is 4.98 Å². The molecule has 6 heteroatoms. The number of rotatable bonds is 1. The molecule has 2 heterocycles. The van der Waals surface area contributed by atoms with Crippen LogP contribution in [0.1, 0.15) is 0 Å². The number of nitrogens with one attached hydrogen (secondary N) is 1. The molecule has 0 saturated heterocycles. The first kappa shape index (κ1) is 11.6. The van der Waals surface area contributed by atoms with Gasteiger partial charge in [-0.25, -0.2) is 9.37 Å². The van der Waals surface area contributed by atoms with E-state index in [1.807, 2.05) is 12.1 Å². The summed E-state index contributed by atoms with van der Waals surface area (Å²) in [5, 5.41) is 0. The molecule has 0 aliphatic carbocycles. The predicted molar refractivity (Wildman–Crippen MR) is 73.9 cm³/mol. The van der Waals surface area contributed by atoms with Gasteiger partial charge in [0.25, 0.3) is 0 Å². The molecule has 90 valence electrons. The lowest BCUT2D eigenvalue weighted by molar-refractivity contribution is 0.626. The highest BCUT2D eigenvalue weighted by molar-refractivity contribution is 9.10. The second-order valence-electron chi connectivity index (χ2n) is 3.74. The molecule has 18 heavy (non-hydrogen) atoms. The van der Waals surface area contributed by atoms with E-state index in [4.69, 9.17) is 12.2 Å². The van der Waals surface area contributed by atoms with E-state index >= 15 is 0 Å². The predicted octanol–water partition coefficient (Wildman–Crippen LogP) is 3.98. The van der Waals surface area contributed by atoms with Crippen molar-refractivity contribution in [1.82, 2.24) is 14.5 Å². The molecule has 0 aliphatic rings. The Morgan fingerprint density at radius 1 is 1.33 bits per heavy atom. The van der Waals surface area contributed by atoms with E-state index in [0.29, 0.717) is 9.24 Å². The molecule has 3 rings (SSSR count). The number of aromatic nitrogens is 3. The topological polar surface area (TPSA) is 33.6 Å². The van der Waals surface area contributed by atoms with Gasteiger partial charge in [0.05, 0.1) is 11.2 Å². The molecule has 0 saturated carbocycles. The maximum absolute atomic E-state index is 13.1. The zero-order valence-corrected chi connectivity index (χ0v) is 11.4. The number of halogens is 2. The summed E-state index contributed by atoms with van der Waals surface area (Å²) in [6.45, 7) is 0. The molecule has 1 aromatic carbocycles. The van der Waals surface area contributed by atoms with Gasteiger partial charge in [0, 0.05) is 10.7 Å². The van der Waals surface area contributed by atoms with E-state index in [1.54, 1.807) is 16.8 Å². The third-order valence-electron chi connectivity index (χ3n) is 2.59. The molecule has 0 amide bonds. The molecule has 1 N–H and O–H groups in total. The van der Waals surface area contributed by atoms with Crippen LogP contribution in [0.3, 0.4) is 0 Å². The largest absolute Gasteiger partial charge is 0.329 e. The second-order valence-corrected chi connectivity index (χ2v) is 4.98. The van der Waals surface area contributed by atoms with Crippen LogP contribution in [-0.4, -0.2) is 14.5 Å². The van der Waals surface area contributed by atoms with Gasteiger partial charge in [-0.1, -0.05) is 0 Å². The lowest BCUT2D eigenvalue weighted by atomic mass is 10.3. The maximum atomic E-state index is 13.1. The fourth-order valence-corrected chi connectivity index (χ4v) is 2.65. The van der Waals surface area contributed by atoms with E-state index in [1.165, 1.54) is 12.1 Å². The highest BCUT2D eigenvalue weighted by atomic mass is 79.9. The Hall–Kier alpha value is -1.53. The zero-order valence-electron chi connectivity index (χ0n) is 9.02. The van der Waals surface area contributed by atoms with Crippen LogP contribution in [0, 0.1) is 10.6 Å². The second kappa shape index (κ2) is 4.29. The van der Waals surface area contributed by atoms with Gasteiger partial charge in [-0.05, 0) is 58.5 Å². The van der Waals surface area contributed by atoms with Gasteiger partial charge in [0.2, 0.25) is 0 Å². The summed E-state index contributed by atoms with van der Waals surface area (Å²) in [5.41, 5.74) is 2.32. The van der Waals surface area contributed by atoms with E-state index in [2.05, 4.69) is 25.9 Å². The lowest BCUT2D eigenvalue weighted by Gasteiger charge is -2.06. The number of fused-ring (bicyclic) bond motifs is 1. The van der Waals surface area contributed by atoms with Crippen LogP contribution in [0.25, 0.3) is 16.9 Å². The summed E-state index contributed by atoms with van der Waals surface area (Å²) in [6.07, 6.45) is 1.69. The molecule has 0 unspecified atom stereocenters. The molecular weight excluding hydrogens is 317 g/mol. The molecule has 0 fully saturated rings. The van der Waals surface area contributed by atoms with Crippen LogP contribution in [0.4, 0.5) is 4.39 Å². The van der Waals surface area contributed by atoms with Crippen LogP contribution >= 0.6 is 28.1 Å². The average Bonchev–Trinajstić information content (AvgIpc) is 2.66. The Kier molecular flexibility index (Phi) is 2.76. The van der Waals surface area contributed by atoms with E-state index < -0.39 is 0 Å². The first-order valence-electron chi connectivity index (χ1n) is 5.18. The molecule has 0 bridgehead atoms. The highest BCUT2D eigenvalue weighted by Gasteiger charge is 2.10. The molecule has 3 aromatic rings. The van der Waals surface area contributed by atoms with Gasteiger partial charge in [0.1, 0.15) is 5.82 Å². The molecule has 0 aliphatic heterocycles. The third-order valence-corrected chi connectivity index (χ3v) is 3.51. The molecular formula is C12H7BrFN3S. The first-order chi connectivity index (χ1) is 8.66. The standard InChI is InChI=1S/C12H7BrFN3S/c13-8-6-7(14)3-4-10(8)17-11-9(16-12(17)18)2-1-5-15-11/h1-6H,(H,16,18). The van der Waals surface area contributed by atoms with Crippen LogP contribution in [0.15, 0.2) is 41.0 Å². The van der Waals surface area contributed by atoms with Gasteiger partial charge in [-0.3, -0.25) is 4.57 Å². The first-order valence-corrected chi connectivity index (χ1v) is 6.38. The number of benzene rings is 1. The van der Waals surface area contributed by atoms with Gasteiger partial charge in [-0.15, -0.1) is 0 Å². The van der Waals surface area contributed by atoms with Crippen LogP contribution in [0.2, 0.25) is 0 Å². The number of imidazole rings is 1. The van der Waals surface area contributed by atoms with Crippen molar-refractivity contribution in [1.29, 1.82) is 0 Å². The highest BCUT2D eigenvalue weighted by Crippen LogP contribution is 2.25. The molecule has 2 aromatic heterocycles. The van der Waals surface area contributed by atoms with E-state index in [0.717, 1.165) is 16.9 Å². The van der Waals surface area contributed by atoms with Crippen molar-refractivity contribution in [2.75, 3.05) is 0 Å². The summed E-state index contributed by atoms with van der Waals surface area (Å²) >= 11 is 8.62. The Morgan fingerprint density at radius 3 is 2.94 bits per heavy atom. The number of hydrogen-bond donors (Lipinski definition) is 1. The van der Waals surface area contributed by atoms with Crippen molar-refractivity contribution >= 4 is 39.3 Å². The summed E-state index contributed by atoms with van der Waals surface area (Å²) in [7, 11) is 0. The summed E-state index contributed by atoms with van der Waals surface area (Å²) in [6, 6.07) is 8.18.